The van der Waals surface area contributed by atoms with Crippen LogP contribution in [0.25, 0.3) is 10.9 Å². The number of nitrogen functional groups attached to an aromatic ring is 1. The van der Waals surface area contributed by atoms with E-state index in [9.17, 15) is 0 Å². The molecule has 0 atom stereocenters. The molecule has 1 aromatic carbocycles. The third-order valence-electron chi connectivity index (χ3n) is 2.66. The van der Waals surface area contributed by atoms with Gasteiger partial charge < -0.3 is 5.73 Å². The van der Waals surface area contributed by atoms with Crippen molar-refractivity contribution in [3.63, 3.8) is 0 Å². The standard InChI is InChI=1S/C13H12N2S/c14-11-5-6-12(16-8-1-2-9-16)10-4-3-7-15-13(10)11/h1-9,16H,14H2. The Bertz CT molecular complexity index is 590. The van der Waals surface area contributed by atoms with Crippen molar-refractivity contribution >= 4 is 27.5 Å². The van der Waals surface area contributed by atoms with Crippen molar-refractivity contribution in [2.24, 2.45) is 0 Å². The van der Waals surface area contributed by atoms with Gasteiger partial charge in [0, 0.05) is 16.5 Å². The van der Waals surface area contributed by atoms with E-state index < -0.39 is 0 Å². The topological polar surface area (TPSA) is 38.9 Å². The summed E-state index contributed by atoms with van der Waals surface area (Å²) in [6.07, 6.45) is 5.99. The van der Waals surface area contributed by atoms with Gasteiger partial charge in [-0.3, -0.25) is 4.98 Å². The Morgan fingerprint density at radius 1 is 1.06 bits per heavy atom. The van der Waals surface area contributed by atoms with Gasteiger partial charge in [-0.2, -0.15) is 10.9 Å². The van der Waals surface area contributed by atoms with Gasteiger partial charge in [0.1, 0.15) is 0 Å². The number of benzene rings is 1. The Hall–Kier alpha value is -1.74. The number of nitrogens with zero attached hydrogens (tertiary/aromatic N) is 1. The molecular weight excluding hydrogens is 216 g/mol. The molecular formula is C13H12N2S. The summed E-state index contributed by atoms with van der Waals surface area (Å²) >= 11 is 0. The molecule has 0 fully saturated rings. The van der Waals surface area contributed by atoms with Crippen molar-refractivity contribution in [1.82, 2.24) is 4.98 Å². The Morgan fingerprint density at radius 2 is 1.88 bits per heavy atom. The maximum atomic E-state index is 5.93. The average Bonchev–Trinajstić information content (AvgIpc) is 2.83. The predicted octanol–water partition coefficient (Wildman–Crippen LogP) is 3.22. The van der Waals surface area contributed by atoms with Crippen LogP contribution in [-0.4, -0.2) is 4.98 Å². The molecule has 0 saturated carbocycles. The lowest BCUT2D eigenvalue weighted by Crippen LogP contribution is -1.91. The van der Waals surface area contributed by atoms with Crippen LogP contribution >= 0.6 is 10.9 Å². The highest BCUT2D eigenvalue weighted by Crippen LogP contribution is 2.45. The van der Waals surface area contributed by atoms with E-state index in [2.05, 4.69) is 40.1 Å². The molecule has 0 radical (unpaired) electrons. The molecule has 1 aliphatic rings. The van der Waals surface area contributed by atoms with Gasteiger partial charge in [-0.05, 0) is 29.0 Å². The highest BCUT2D eigenvalue weighted by molar-refractivity contribution is 8.22. The molecule has 2 aromatic rings. The molecule has 80 valence electrons. The maximum Gasteiger partial charge on any atom is 0.0941 e. The summed E-state index contributed by atoms with van der Waals surface area (Å²) < 4.78 is 0. The quantitative estimate of drug-likeness (QED) is 0.581. The maximum absolute atomic E-state index is 5.93. The van der Waals surface area contributed by atoms with E-state index in [0.29, 0.717) is 0 Å². The third kappa shape index (κ3) is 1.41. The average molecular weight is 228 g/mol. The van der Waals surface area contributed by atoms with E-state index in [1.165, 1.54) is 10.3 Å². The molecule has 0 bridgehead atoms. The molecule has 0 saturated heterocycles. The first-order chi connectivity index (χ1) is 7.86. The van der Waals surface area contributed by atoms with Crippen molar-refractivity contribution in [2.75, 3.05) is 5.73 Å². The smallest absolute Gasteiger partial charge is 0.0941 e. The number of aromatic nitrogens is 1. The van der Waals surface area contributed by atoms with Crippen LogP contribution in [0.3, 0.4) is 0 Å². The molecule has 2 nitrogen and oxygen atoms in total. The molecule has 0 unspecified atom stereocenters. The largest absolute Gasteiger partial charge is 0.397 e. The molecule has 3 rings (SSSR count). The minimum atomic E-state index is -0.309. The first-order valence-corrected chi connectivity index (χ1v) is 6.61. The van der Waals surface area contributed by atoms with Crippen LogP contribution < -0.4 is 5.73 Å². The fourth-order valence-electron chi connectivity index (χ4n) is 1.90. The molecule has 1 aliphatic heterocycles. The lowest BCUT2D eigenvalue weighted by Gasteiger charge is -2.14. The van der Waals surface area contributed by atoms with Crippen LogP contribution in [0.2, 0.25) is 0 Å². The van der Waals surface area contributed by atoms with Crippen molar-refractivity contribution in [3.8, 4) is 0 Å². The zero-order valence-electron chi connectivity index (χ0n) is 8.67. The number of rotatable bonds is 1. The fourth-order valence-corrected chi connectivity index (χ4v) is 3.60. The van der Waals surface area contributed by atoms with Gasteiger partial charge in [0.05, 0.1) is 11.2 Å². The summed E-state index contributed by atoms with van der Waals surface area (Å²) in [6.45, 7) is 0. The summed E-state index contributed by atoms with van der Waals surface area (Å²) in [7, 11) is -0.309. The van der Waals surface area contributed by atoms with E-state index in [-0.39, 0.29) is 10.9 Å². The van der Waals surface area contributed by atoms with Gasteiger partial charge in [0.25, 0.3) is 0 Å². The number of anilines is 1. The summed E-state index contributed by atoms with van der Waals surface area (Å²) in [5.74, 6) is 0. The number of hydrogen-bond acceptors (Lipinski definition) is 2. The fraction of sp³-hybridized carbons (Fsp3) is 0. The van der Waals surface area contributed by atoms with E-state index >= 15 is 0 Å². The number of hydrogen-bond donors (Lipinski definition) is 2. The van der Waals surface area contributed by atoms with Gasteiger partial charge in [-0.1, -0.05) is 18.2 Å². The van der Waals surface area contributed by atoms with Crippen LogP contribution in [0.5, 0.6) is 0 Å². The predicted molar refractivity (Wildman–Crippen MR) is 71.7 cm³/mol. The lowest BCUT2D eigenvalue weighted by atomic mass is 10.2. The Morgan fingerprint density at radius 3 is 2.69 bits per heavy atom. The monoisotopic (exact) mass is 228 g/mol. The lowest BCUT2D eigenvalue weighted by molar-refractivity contribution is 1.39. The van der Waals surface area contributed by atoms with Gasteiger partial charge in [0.15, 0.2) is 0 Å². The second-order valence-electron chi connectivity index (χ2n) is 3.66. The minimum Gasteiger partial charge on any atom is -0.397 e. The molecule has 2 heterocycles. The Balaban J connectivity index is 2.29. The number of fused-ring (bicyclic) bond motifs is 1. The zero-order chi connectivity index (χ0) is 11.0. The first kappa shape index (κ1) is 9.48. The Kier molecular flexibility index (Phi) is 2.18. The van der Waals surface area contributed by atoms with Crippen LogP contribution in [0, 0.1) is 0 Å². The second kappa shape index (κ2) is 3.68. The van der Waals surface area contributed by atoms with E-state index in [4.69, 9.17) is 5.73 Å². The highest BCUT2D eigenvalue weighted by Gasteiger charge is 2.09. The molecule has 16 heavy (non-hydrogen) atoms. The third-order valence-corrected chi connectivity index (χ3v) is 4.59. The van der Waals surface area contributed by atoms with Crippen LogP contribution in [0.4, 0.5) is 5.69 Å². The second-order valence-corrected chi connectivity index (χ2v) is 5.56. The summed E-state index contributed by atoms with van der Waals surface area (Å²) in [5, 5.41) is 5.66. The van der Waals surface area contributed by atoms with Crippen molar-refractivity contribution in [1.29, 1.82) is 0 Å². The number of nitrogens with two attached hydrogens (primary N) is 1. The van der Waals surface area contributed by atoms with Gasteiger partial charge in [-0.25, -0.2) is 0 Å². The molecule has 0 spiro atoms. The van der Waals surface area contributed by atoms with Crippen LogP contribution in [0.15, 0.2) is 58.3 Å². The van der Waals surface area contributed by atoms with E-state index in [1.807, 2.05) is 12.1 Å². The van der Waals surface area contributed by atoms with Crippen molar-refractivity contribution < 1.29 is 0 Å². The molecule has 0 aliphatic carbocycles. The van der Waals surface area contributed by atoms with Gasteiger partial charge in [0.2, 0.25) is 0 Å². The summed E-state index contributed by atoms with van der Waals surface area (Å²) in [4.78, 5) is 5.68. The van der Waals surface area contributed by atoms with Crippen LogP contribution in [-0.2, 0) is 0 Å². The van der Waals surface area contributed by atoms with Gasteiger partial charge >= 0.3 is 0 Å². The SMILES string of the molecule is Nc1ccc([SH]2C=CC=C2)c2cccnc12. The summed E-state index contributed by atoms with van der Waals surface area (Å²) in [5.41, 5.74) is 7.60. The molecule has 0 amide bonds. The highest BCUT2D eigenvalue weighted by atomic mass is 32.2. The van der Waals surface area contributed by atoms with Crippen LogP contribution in [0.1, 0.15) is 0 Å². The zero-order valence-corrected chi connectivity index (χ0v) is 9.56. The Labute approximate surface area is 96.8 Å². The van der Waals surface area contributed by atoms with E-state index in [0.717, 1.165) is 11.2 Å². The normalized spacial score (nSPS) is 16.1. The molecule has 2 N–H and O–H groups in total. The van der Waals surface area contributed by atoms with Gasteiger partial charge in [-0.15, -0.1) is 0 Å². The number of thiol groups is 1. The van der Waals surface area contributed by atoms with Crippen molar-refractivity contribution in [3.05, 3.63) is 53.4 Å². The summed E-state index contributed by atoms with van der Waals surface area (Å²) in [6, 6.07) is 8.12. The molecule has 1 aromatic heterocycles. The van der Waals surface area contributed by atoms with E-state index in [1.54, 1.807) is 6.20 Å². The minimum absolute atomic E-state index is 0.309. The molecule has 3 heteroatoms. The first-order valence-electron chi connectivity index (χ1n) is 5.13. The number of allylic oxidation sites excluding steroid dienone is 2. The van der Waals surface area contributed by atoms with Crippen molar-refractivity contribution in [2.45, 2.75) is 4.90 Å². The number of pyridine rings is 1.